The Hall–Kier alpha value is -1.86. The monoisotopic (exact) mass is 288 g/mol. The van der Waals surface area contributed by atoms with Gasteiger partial charge in [0.25, 0.3) is 5.91 Å². The molecule has 2 rings (SSSR count). The molecule has 21 heavy (non-hydrogen) atoms. The summed E-state index contributed by atoms with van der Waals surface area (Å²) in [5.74, 6) is 5.79. The van der Waals surface area contributed by atoms with Gasteiger partial charge in [-0.15, -0.1) is 0 Å². The number of halogens is 1. The maximum atomic E-state index is 13.9. The van der Waals surface area contributed by atoms with Gasteiger partial charge in [-0.2, -0.15) is 0 Å². The lowest BCUT2D eigenvalue weighted by Gasteiger charge is -2.35. The minimum absolute atomic E-state index is 0.106. The number of nitrogens with zero attached hydrogens (tertiary/aromatic N) is 1. The Labute approximate surface area is 125 Å². The normalized spacial score (nSPS) is 21.6. The molecule has 1 aliphatic rings. The molecule has 1 aliphatic heterocycles. The maximum Gasteiger partial charge on any atom is 0.253 e. The SMILES string of the molecule is CC1CCN(C(=O)c2ccc(C#CCN)c(F)c2)CC1C. The summed E-state index contributed by atoms with van der Waals surface area (Å²) in [5.41, 5.74) is 5.93. The summed E-state index contributed by atoms with van der Waals surface area (Å²) >= 11 is 0. The molecule has 1 amide bonds. The Morgan fingerprint density at radius 3 is 2.81 bits per heavy atom. The molecule has 1 fully saturated rings. The summed E-state index contributed by atoms with van der Waals surface area (Å²) in [5, 5.41) is 0. The zero-order chi connectivity index (χ0) is 15.4. The molecular formula is C17H21FN2O. The first-order valence-electron chi connectivity index (χ1n) is 7.30. The quantitative estimate of drug-likeness (QED) is 0.806. The van der Waals surface area contributed by atoms with Gasteiger partial charge in [0.2, 0.25) is 0 Å². The van der Waals surface area contributed by atoms with Gasteiger partial charge in [0.05, 0.1) is 12.1 Å². The summed E-state index contributed by atoms with van der Waals surface area (Å²) in [7, 11) is 0. The fourth-order valence-corrected chi connectivity index (χ4v) is 2.53. The second-order valence-electron chi connectivity index (χ2n) is 5.69. The minimum Gasteiger partial charge on any atom is -0.338 e. The van der Waals surface area contributed by atoms with Crippen LogP contribution in [0.2, 0.25) is 0 Å². The Bertz CT molecular complexity index is 588. The molecule has 0 saturated carbocycles. The average molecular weight is 288 g/mol. The van der Waals surface area contributed by atoms with Crippen LogP contribution in [0.15, 0.2) is 18.2 Å². The summed E-state index contributed by atoms with van der Waals surface area (Å²) in [4.78, 5) is 14.2. The number of likely N-dealkylation sites (tertiary alicyclic amines) is 1. The van der Waals surface area contributed by atoms with Crippen LogP contribution in [-0.2, 0) is 0 Å². The number of nitrogens with two attached hydrogens (primary N) is 1. The summed E-state index contributed by atoms with van der Waals surface area (Å²) in [6, 6.07) is 4.45. The summed E-state index contributed by atoms with van der Waals surface area (Å²) in [6.45, 7) is 6.01. The predicted molar refractivity (Wildman–Crippen MR) is 81.2 cm³/mol. The first-order valence-corrected chi connectivity index (χ1v) is 7.30. The van der Waals surface area contributed by atoms with Gasteiger partial charge in [0.1, 0.15) is 5.82 Å². The van der Waals surface area contributed by atoms with E-state index in [1.165, 1.54) is 6.07 Å². The van der Waals surface area contributed by atoms with Crippen LogP contribution >= 0.6 is 0 Å². The van der Waals surface area contributed by atoms with Crippen molar-refractivity contribution in [3.8, 4) is 11.8 Å². The van der Waals surface area contributed by atoms with Crippen molar-refractivity contribution in [2.24, 2.45) is 17.6 Å². The highest BCUT2D eigenvalue weighted by Gasteiger charge is 2.26. The van der Waals surface area contributed by atoms with Crippen molar-refractivity contribution in [3.05, 3.63) is 35.1 Å². The molecular weight excluding hydrogens is 267 g/mol. The molecule has 0 aliphatic carbocycles. The van der Waals surface area contributed by atoms with Gasteiger partial charge < -0.3 is 10.6 Å². The second-order valence-corrected chi connectivity index (χ2v) is 5.69. The van der Waals surface area contributed by atoms with Crippen LogP contribution in [0.5, 0.6) is 0 Å². The van der Waals surface area contributed by atoms with E-state index >= 15 is 0 Å². The third kappa shape index (κ3) is 3.62. The van der Waals surface area contributed by atoms with E-state index in [0.717, 1.165) is 19.5 Å². The van der Waals surface area contributed by atoms with E-state index in [0.29, 0.717) is 17.4 Å². The number of rotatable bonds is 1. The first kappa shape index (κ1) is 15.5. The highest BCUT2D eigenvalue weighted by molar-refractivity contribution is 5.94. The van der Waals surface area contributed by atoms with E-state index in [4.69, 9.17) is 5.73 Å². The number of carbonyl (C=O) groups is 1. The van der Waals surface area contributed by atoms with Crippen molar-refractivity contribution in [1.82, 2.24) is 4.90 Å². The van der Waals surface area contributed by atoms with Crippen LogP contribution in [0, 0.1) is 29.5 Å². The van der Waals surface area contributed by atoms with Crippen LogP contribution in [0.25, 0.3) is 0 Å². The summed E-state index contributed by atoms with van der Waals surface area (Å²) < 4.78 is 13.9. The van der Waals surface area contributed by atoms with E-state index < -0.39 is 5.82 Å². The molecule has 1 heterocycles. The van der Waals surface area contributed by atoms with E-state index in [-0.39, 0.29) is 18.0 Å². The Morgan fingerprint density at radius 1 is 1.43 bits per heavy atom. The van der Waals surface area contributed by atoms with Crippen LogP contribution in [-0.4, -0.2) is 30.4 Å². The molecule has 0 radical (unpaired) electrons. The Balaban J connectivity index is 2.15. The van der Waals surface area contributed by atoms with Crippen LogP contribution in [0.4, 0.5) is 4.39 Å². The van der Waals surface area contributed by atoms with Gasteiger partial charge in [-0.3, -0.25) is 4.79 Å². The van der Waals surface area contributed by atoms with Gasteiger partial charge in [-0.05, 0) is 36.5 Å². The fourth-order valence-electron chi connectivity index (χ4n) is 2.53. The summed E-state index contributed by atoms with van der Waals surface area (Å²) in [6.07, 6.45) is 0.995. The molecule has 4 heteroatoms. The molecule has 0 aromatic heterocycles. The van der Waals surface area contributed by atoms with Gasteiger partial charge >= 0.3 is 0 Å². The first-order chi connectivity index (χ1) is 10.0. The number of amides is 1. The van der Waals surface area contributed by atoms with E-state index in [9.17, 15) is 9.18 Å². The molecule has 2 atom stereocenters. The molecule has 0 spiro atoms. The number of hydrogen-bond acceptors (Lipinski definition) is 2. The van der Waals surface area contributed by atoms with Crippen LogP contribution in [0.3, 0.4) is 0 Å². The zero-order valence-corrected chi connectivity index (χ0v) is 12.5. The maximum absolute atomic E-state index is 13.9. The van der Waals surface area contributed by atoms with Crippen LogP contribution in [0.1, 0.15) is 36.2 Å². The average Bonchev–Trinajstić information content (AvgIpc) is 2.48. The minimum atomic E-state index is -0.472. The predicted octanol–water partition coefficient (Wildman–Crippen LogP) is 2.25. The van der Waals surface area contributed by atoms with Gasteiger partial charge in [-0.25, -0.2) is 4.39 Å². The van der Waals surface area contributed by atoms with Crippen molar-refractivity contribution < 1.29 is 9.18 Å². The van der Waals surface area contributed by atoms with Crippen molar-refractivity contribution in [2.75, 3.05) is 19.6 Å². The largest absolute Gasteiger partial charge is 0.338 e. The van der Waals surface area contributed by atoms with Crippen molar-refractivity contribution >= 4 is 5.91 Å². The molecule has 0 bridgehead atoms. The van der Waals surface area contributed by atoms with Crippen molar-refractivity contribution in [2.45, 2.75) is 20.3 Å². The molecule has 112 valence electrons. The smallest absolute Gasteiger partial charge is 0.253 e. The van der Waals surface area contributed by atoms with Crippen molar-refractivity contribution in [3.63, 3.8) is 0 Å². The zero-order valence-electron chi connectivity index (χ0n) is 12.5. The molecule has 1 aromatic rings. The highest BCUT2D eigenvalue weighted by Crippen LogP contribution is 2.24. The number of piperidine rings is 1. The second kappa shape index (κ2) is 6.73. The lowest BCUT2D eigenvalue weighted by molar-refractivity contribution is 0.0627. The Morgan fingerprint density at radius 2 is 2.19 bits per heavy atom. The number of hydrogen-bond donors (Lipinski definition) is 1. The molecule has 3 nitrogen and oxygen atoms in total. The lowest BCUT2D eigenvalue weighted by Crippen LogP contribution is -2.42. The third-order valence-electron chi connectivity index (χ3n) is 4.16. The topological polar surface area (TPSA) is 46.3 Å². The molecule has 2 N–H and O–H groups in total. The van der Waals surface area contributed by atoms with Crippen LogP contribution < -0.4 is 5.73 Å². The van der Waals surface area contributed by atoms with Gasteiger partial charge in [0.15, 0.2) is 0 Å². The van der Waals surface area contributed by atoms with E-state index in [1.54, 1.807) is 12.1 Å². The lowest BCUT2D eigenvalue weighted by atomic mass is 9.88. The Kier molecular flexibility index (Phi) is 4.98. The highest BCUT2D eigenvalue weighted by atomic mass is 19.1. The number of benzene rings is 1. The molecule has 1 saturated heterocycles. The van der Waals surface area contributed by atoms with Gasteiger partial charge in [0, 0.05) is 18.7 Å². The standard InChI is InChI=1S/C17H21FN2O/c1-12-7-9-20(11-13(12)2)17(21)15-6-5-14(4-3-8-19)16(18)10-15/h5-6,10,12-13H,7-9,11,19H2,1-2H3. The fraction of sp³-hybridized carbons (Fsp3) is 0.471. The molecule has 2 unspecified atom stereocenters. The van der Waals surface area contributed by atoms with E-state index in [2.05, 4.69) is 25.7 Å². The van der Waals surface area contributed by atoms with Gasteiger partial charge in [-0.1, -0.05) is 25.7 Å². The van der Waals surface area contributed by atoms with Crippen molar-refractivity contribution in [1.29, 1.82) is 0 Å². The van der Waals surface area contributed by atoms with E-state index in [1.807, 2.05) is 4.90 Å². The molecule has 1 aromatic carbocycles. The number of carbonyl (C=O) groups excluding carboxylic acids is 1. The third-order valence-corrected chi connectivity index (χ3v) is 4.16.